The molecule has 1 fully saturated rings. The van der Waals surface area contributed by atoms with Gasteiger partial charge < -0.3 is 16.0 Å². The fourth-order valence-corrected chi connectivity index (χ4v) is 2.75. The monoisotopic (exact) mass is 259 g/mol. The molecule has 19 heavy (non-hydrogen) atoms. The lowest BCUT2D eigenvalue weighted by atomic mass is 9.90. The predicted molar refractivity (Wildman–Crippen MR) is 71.8 cm³/mol. The maximum atomic E-state index is 12.3. The number of amides is 2. The number of hydrogen-bond acceptors (Lipinski definition) is 3. The highest BCUT2D eigenvalue weighted by molar-refractivity contribution is 5.88. The fraction of sp³-hybridized carbons (Fsp3) is 0.429. The van der Waals surface area contributed by atoms with Gasteiger partial charge in [-0.15, -0.1) is 0 Å². The van der Waals surface area contributed by atoms with Crippen molar-refractivity contribution in [3.05, 3.63) is 29.8 Å². The fourth-order valence-electron chi connectivity index (χ4n) is 2.75. The number of rotatable bonds is 2. The van der Waals surface area contributed by atoms with Gasteiger partial charge in [-0.05, 0) is 18.1 Å². The van der Waals surface area contributed by atoms with Crippen molar-refractivity contribution in [2.75, 3.05) is 18.4 Å². The molecule has 0 spiro atoms. The number of carbonyl (C=O) groups excluding carboxylic acids is 2. The summed E-state index contributed by atoms with van der Waals surface area (Å²) < 4.78 is 0. The summed E-state index contributed by atoms with van der Waals surface area (Å²) in [5, 5.41) is 9.00. The van der Waals surface area contributed by atoms with Crippen LogP contribution in [0.5, 0.6) is 0 Å². The largest absolute Gasteiger partial charge is 0.385 e. The third-order valence-corrected chi connectivity index (χ3v) is 3.72. The standard InChI is InChI=1S/C14H17N3O2/c18-13-7-9(8-16-13)17-14(19)11-5-6-15-12-4-2-1-3-10(11)12/h1-4,9,11,15H,5-8H2,(H,16,18)(H,17,19). The molecule has 0 radical (unpaired) electrons. The van der Waals surface area contributed by atoms with E-state index in [-0.39, 0.29) is 23.8 Å². The summed E-state index contributed by atoms with van der Waals surface area (Å²) in [5.74, 6) is -0.0837. The molecule has 5 heteroatoms. The van der Waals surface area contributed by atoms with E-state index in [9.17, 15) is 9.59 Å². The van der Waals surface area contributed by atoms with Gasteiger partial charge in [0.25, 0.3) is 0 Å². The van der Waals surface area contributed by atoms with Gasteiger partial charge in [-0.25, -0.2) is 0 Å². The molecule has 1 aromatic rings. The van der Waals surface area contributed by atoms with E-state index >= 15 is 0 Å². The Labute approximate surface area is 111 Å². The zero-order valence-corrected chi connectivity index (χ0v) is 10.6. The summed E-state index contributed by atoms with van der Waals surface area (Å²) in [6, 6.07) is 7.83. The molecule has 2 atom stereocenters. The molecular formula is C14H17N3O2. The van der Waals surface area contributed by atoms with Crippen molar-refractivity contribution in [1.29, 1.82) is 0 Å². The molecule has 3 N–H and O–H groups in total. The molecular weight excluding hydrogens is 242 g/mol. The van der Waals surface area contributed by atoms with Gasteiger partial charge in [0, 0.05) is 25.2 Å². The smallest absolute Gasteiger partial charge is 0.227 e. The Bertz CT molecular complexity index is 515. The predicted octanol–water partition coefficient (Wildman–Crippen LogP) is 0.590. The van der Waals surface area contributed by atoms with E-state index in [4.69, 9.17) is 0 Å². The number of anilines is 1. The number of para-hydroxylation sites is 1. The topological polar surface area (TPSA) is 70.2 Å². The summed E-state index contributed by atoms with van der Waals surface area (Å²) in [5.41, 5.74) is 2.08. The van der Waals surface area contributed by atoms with Crippen molar-refractivity contribution >= 4 is 17.5 Å². The molecule has 2 aliphatic rings. The van der Waals surface area contributed by atoms with Gasteiger partial charge in [-0.1, -0.05) is 18.2 Å². The van der Waals surface area contributed by atoms with Crippen LogP contribution in [-0.4, -0.2) is 30.9 Å². The van der Waals surface area contributed by atoms with Gasteiger partial charge in [-0.2, -0.15) is 0 Å². The van der Waals surface area contributed by atoms with Crippen LogP contribution >= 0.6 is 0 Å². The summed E-state index contributed by atoms with van der Waals surface area (Å²) in [4.78, 5) is 23.5. The number of nitrogens with one attached hydrogen (secondary N) is 3. The van der Waals surface area contributed by atoms with E-state index in [0.717, 1.165) is 24.2 Å². The van der Waals surface area contributed by atoms with Crippen LogP contribution in [0.25, 0.3) is 0 Å². The Morgan fingerprint density at radius 1 is 1.26 bits per heavy atom. The molecule has 0 aromatic heterocycles. The van der Waals surface area contributed by atoms with E-state index in [1.807, 2.05) is 24.3 Å². The average Bonchev–Trinajstić information content (AvgIpc) is 2.83. The molecule has 1 saturated heterocycles. The molecule has 100 valence electrons. The second-order valence-corrected chi connectivity index (χ2v) is 5.07. The van der Waals surface area contributed by atoms with Crippen molar-refractivity contribution in [1.82, 2.24) is 10.6 Å². The Balaban J connectivity index is 1.72. The van der Waals surface area contributed by atoms with Crippen molar-refractivity contribution < 1.29 is 9.59 Å². The van der Waals surface area contributed by atoms with Crippen LogP contribution in [0.3, 0.4) is 0 Å². The minimum atomic E-state index is -0.117. The van der Waals surface area contributed by atoms with Crippen LogP contribution in [0, 0.1) is 0 Å². The zero-order chi connectivity index (χ0) is 13.2. The first-order valence-corrected chi connectivity index (χ1v) is 6.64. The highest BCUT2D eigenvalue weighted by Gasteiger charge is 2.29. The summed E-state index contributed by atoms with van der Waals surface area (Å²) in [7, 11) is 0. The molecule has 2 heterocycles. The molecule has 2 amide bonds. The van der Waals surface area contributed by atoms with Crippen LogP contribution in [-0.2, 0) is 9.59 Å². The normalized spacial score (nSPS) is 25.2. The summed E-state index contributed by atoms with van der Waals surface area (Å²) >= 11 is 0. The van der Waals surface area contributed by atoms with Gasteiger partial charge in [0.05, 0.1) is 12.0 Å². The maximum absolute atomic E-state index is 12.3. The van der Waals surface area contributed by atoms with Crippen molar-refractivity contribution in [3.63, 3.8) is 0 Å². The molecule has 0 bridgehead atoms. The zero-order valence-electron chi connectivity index (χ0n) is 10.6. The van der Waals surface area contributed by atoms with E-state index < -0.39 is 0 Å². The van der Waals surface area contributed by atoms with Crippen LogP contribution in [0.2, 0.25) is 0 Å². The van der Waals surface area contributed by atoms with E-state index in [0.29, 0.717) is 13.0 Å². The minimum absolute atomic E-state index is 0.0102. The van der Waals surface area contributed by atoms with E-state index in [2.05, 4.69) is 16.0 Å². The Kier molecular flexibility index (Phi) is 3.11. The lowest BCUT2D eigenvalue weighted by molar-refractivity contribution is -0.123. The molecule has 1 aromatic carbocycles. The molecule has 2 aliphatic heterocycles. The van der Waals surface area contributed by atoms with Gasteiger partial charge >= 0.3 is 0 Å². The van der Waals surface area contributed by atoms with Crippen LogP contribution < -0.4 is 16.0 Å². The molecule has 5 nitrogen and oxygen atoms in total. The van der Waals surface area contributed by atoms with Crippen molar-refractivity contribution in [2.24, 2.45) is 0 Å². The van der Waals surface area contributed by atoms with Crippen LogP contribution in [0.1, 0.15) is 24.3 Å². The van der Waals surface area contributed by atoms with Crippen LogP contribution in [0.15, 0.2) is 24.3 Å². The number of benzene rings is 1. The highest BCUT2D eigenvalue weighted by atomic mass is 16.2. The average molecular weight is 259 g/mol. The minimum Gasteiger partial charge on any atom is -0.385 e. The van der Waals surface area contributed by atoms with Crippen molar-refractivity contribution in [2.45, 2.75) is 24.8 Å². The Hall–Kier alpha value is -2.04. The number of carbonyl (C=O) groups is 2. The highest BCUT2D eigenvalue weighted by Crippen LogP contribution is 2.31. The van der Waals surface area contributed by atoms with Gasteiger partial charge in [0.2, 0.25) is 11.8 Å². The lowest BCUT2D eigenvalue weighted by Crippen LogP contribution is -2.40. The first kappa shape index (κ1) is 12.0. The van der Waals surface area contributed by atoms with Crippen LogP contribution in [0.4, 0.5) is 5.69 Å². The maximum Gasteiger partial charge on any atom is 0.227 e. The quantitative estimate of drug-likeness (QED) is 0.728. The summed E-state index contributed by atoms with van der Waals surface area (Å²) in [6.45, 7) is 1.34. The molecule has 3 rings (SSSR count). The molecule has 2 unspecified atom stereocenters. The van der Waals surface area contributed by atoms with Gasteiger partial charge in [-0.3, -0.25) is 9.59 Å². The summed E-state index contributed by atoms with van der Waals surface area (Å²) in [6.07, 6.45) is 1.18. The first-order chi connectivity index (χ1) is 9.24. The van der Waals surface area contributed by atoms with Gasteiger partial charge in [0.1, 0.15) is 0 Å². The molecule has 0 saturated carbocycles. The number of fused-ring (bicyclic) bond motifs is 1. The second-order valence-electron chi connectivity index (χ2n) is 5.07. The Morgan fingerprint density at radius 3 is 2.89 bits per heavy atom. The lowest BCUT2D eigenvalue weighted by Gasteiger charge is -2.26. The van der Waals surface area contributed by atoms with E-state index in [1.165, 1.54) is 0 Å². The molecule has 0 aliphatic carbocycles. The second kappa shape index (κ2) is 4.91. The third-order valence-electron chi connectivity index (χ3n) is 3.72. The Morgan fingerprint density at radius 2 is 2.11 bits per heavy atom. The third kappa shape index (κ3) is 2.41. The van der Waals surface area contributed by atoms with E-state index in [1.54, 1.807) is 0 Å². The SMILES string of the molecule is O=C1CC(NC(=O)C2CCNc3ccccc32)CN1. The first-order valence-electron chi connectivity index (χ1n) is 6.64. The number of hydrogen-bond donors (Lipinski definition) is 3. The van der Waals surface area contributed by atoms with Gasteiger partial charge in [0.15, 0.2) is 0 Å². The van der Waals surface area contributed by atoms with Crippen molar-refractivity contribution in [3.8, 4) is 0 Å².